The van der Waals surface area contributed by atoms with Gasteiger partial charge in [-0.25, -0.2) is 9.18 Å². The van der Waals surface area contributed by atoms with Gasteiger partial charge in [0, 0.05) is 6.20 Å². The van der Waals surface area contributed by atoms with Gasteiger partial charge < -0.3 is 10.5 Å². The number of hydrazone groups is 1. The van der Waals surface area contributed by atoms with Crippen LogP contribution in [-0.4, -0.2) is 23.9 Å². The van der Waals surface area contributed by atoms with Gasteiger partial charge in [0.05, 0.1) is 13.7 Å². The van der Waals surface area contributed by atoms with Crippen molar-refractivity contribution in [2.24, 2.45) is 10.8 Å². The van der Waals surface area contributed by atoms with Crippen molar-refractivity contribution in [2.45, 2.75) is 6.54 Å². The Balaban J connectivity index is 2.76. The molecule has 0 aliphatic carbocycles. The number of hydrogen-bond donors (Lipinski definition) is 1. The average Bonchev–Trinajstić information content (AvgIpc) is 2.39. The van der Waals surface area contributed by atoms with Gasteiger partial charge in [0.2, 0.25) is 5.84 Å². The topological polar surface area (TPSA) is 67.9 Å². The van der Waals surface area contributed by atoms with Crippen LogP contribution in [0, 0.1) is 5.82 Å². The van der Waals surface area contributed by atoms with Gasteiger partial charge >= 0.3 is 5.97 Å². The van der Waals surface area contributed by atoms with Crippen LogP contribution >= 0.6 is 0 Å². The second-order valence-electron chi connectivity index (χ2n) is 3.38. The van der Waals surface area contributed by atoms with Gasteiger partial charge in [0.25, 0.3) is 0 Å². The Morgan fingerprint density at radius 3 is 2.67 bits per heavy atom. The maximum Gasteiger partial charge on any atom is 0.375 e. The highest BCUT2D eigenvalue weighted by Crippen LogP contribution is 2.07. The SMILES string of the molecule is C=CN(Cc1ccc(F)cc1)/N=C(\N)C(=O)OC. The van der Waals surface area contributed by atoms with Crippen LogP contribution < -0.4 is 5.73 Å². The number of rotatable bonds is 4. The van der Waals surface area contributed by atoms with Gasteiger partial charge in [0.15, 0.2) is 0 Å². The largest absolute Gasteiger partial charge is 0.463 e. The number of carbonyl (C=O) groups is 1. The minimum Gasteiger partial charge on any atom is -0.463 e. The van der Waals surface area contributed by atoms with Crippen LogP contribution in [0.2, 0.25) is 0 Å². The zero-order valence-electron chi connectivity index (χ0n) is 9.97. The van der Waals surface area contributed by atoms with E-state index in [9.17, 15) is 9.18 Å². The molecular formula is C12H14FN3O2. The number of benzene rings is 1. The molecule has 0 saturated carbocycles. The molecule has 2 N–H and O–H groups in total. The summed E-state index contributed by atoms with van der Waals surface area (Å²) in [5, 5.41) is 5.19. The third kappa shape index (κ3) is 3.89. The van der Waals surface area contributed by atoms with E-state index in [2.05, 4.69) is 16.4 Å². The van der Waals surface area contributed by atoms with Crippen LogP contribution in [-0.2, 0) is 16.1 Å². The zero-order valence-corrected chi connectivity index (χ0v) is 9.97. The molecule has 0 atom stereocenters. The van der Waals surface area contributed by atoms with Crippen LogP contribution in [0.1, 0.15) is 5.56 Å². The van der Waals surface area contributed by atoms with Crippen molar-refractivity contribution in [3.05, 3.63) is 48.4 Å². The number of halogens is 1. The summed E-state index contributed by atoms with van der Waals surface area (Å²) in [6, 6.07) is 5.89. The Bertz CT molecular complexity index is 457. The number of nitrogens with zero attached hydrogens (tertiary/aromatic N) is 2. The van der Waals surface area contributed by atoms with Crippen molar-refractivity contribution in [1.29, 1.82) is 0 Å². The molecule has 0 unspecified atom stereocenters. The van der Waals surface area contributed by atoms with E-state index in [0.717, 1.165) is 5.56 Å². The molecule has 0 spiro atoms. The number of carbonyl (C=O) groups excluding carboxylic acids is 1. The monoisotopic (exact) mass is 251 g/mol. The van der Waals surface area contributed by atoms with Crippen LogP contribution in [0.4, 0.5) is 4.39 Å². The molecule has 6 heteroatoms. The molecule has 1 rings (SSSR count). The lowest BCUT2D eigenvalue weighted by Crippen LogP contribution is -2.28. The molecule has 0 bridgehead atoms. The molecule has 0 radical (unpaired) electrons. The molecule has 1 aromatic rings. The van der Waals surface area contributed by atoms with Gasteiger partial charge in [-0.1, -0.05) is 18.7 Å². The van der Waals surface area contributed by atoms with Gasteiger partial charge in [-0.15, -0.1) is 5.10 Å². The van der Waals surface area contributed by atoms with Gasteiger partial charge in [-0.3, -0.25) is 5.01 Å². The van der Waals surface area contributed by atoms with E-state index in [-0.39, 0.29) is 11.7 Å². The first kappa shape index (κ1) is 13.7. The van der Waals surface area contributed by atoms with Crippen molar-refractivity contribution in [3.8, 4) is 0 Å². The van der Waals surface area contributed by atoms with Gasteiger partial charge in [-0.2, -0.15) is 0 Å². The summed E-state index contributed by atoms with van der Waals surface area (Å²) in [5.41, 5.74) is 6.21. The summed E-state index contributed by atoms with van der Waals surface area (Å²) in [7, 11) is 1.21. The number of ether oxygens (including phenoxy) is 1. The highest BCUT2D eigenvalue weighted by atomic mass is 19.1. The summed E-state index contributed by atoms with van der Waals surface area (Å²) in [5.74, 6) is -1.32. The molecule has 0 saturated heterocycles. The fourth-order valence-corrected chi connectivity index (χ4v) is 1.20. The molecular weight excluding hydrogens is 237 g/mol. The molecule has 0 heterocycles. The van der Waals surface area contributed by atoms with E-state index in [0.29, 0.717) is 6.54 Å². The Labute approximate surface area is 104 Å². The van der Waals surface area contributed by atoms with Gasteiger partial charge in [0.1, 0.15) is 5.82 Å². The minimum atomic E-state index is -0.721. The zero-order chi connectivity index (χ0) is 13.5. The minimum absolute atomic E-state index is 0.278. The Morgan fingerprint density at radius 2 is 2.17 bits per heavy atom. The number of amidine groups is 1. The van der Waals surface area contributed by atoms with Crippen LogP contribution in [0.3, 0.4) is 0 Å². The Kier molecular flexibility index (Phi) is 4.86. The number of esters is 1. The Morgan fingerprint density at radius 1 is 1.56 bits per heavy atom. The fourth-order valence-electron chi connectivity index (χ4n) is 1.20. The summed E-state index contributed by atoms with van der Waals surface area (Å²) in [4.78, 5) is 11.1. The third-order valence-corrected chi connectivity index (χ3v) is 2.10. The molecule has 5 nitrogen and oxygen atoms in total. The van der Waals surface area contributed by atoms with E-state index in [1.54, 1.807) is 12.1 Å². The maximum absolute atomic E-state index is 12.7. The lowest BCUT2D eigenvalue weighted by Gasteiger charge is -2.14. The highest BCUT2D eigenvalue weighted by molar-refractivity contribution is 6.34. The van der Waals surface area contributed by atoms with Crippen molar-refractivity contribution < 1.29 is 13.9 Å². The second-order valence-corrected chi connectivity index (χ2v) is 3.38. The maximum atomic E-state index is 12.7. The number of hydrogen-bond acceptors (Lipinski definition) is 4. The van der Waals surface area contributed by atoms with Crippen molar-refractivity contribution in [2.75, 3.05) is 7.11 Å². The molecule has 0 aliphatic heterocycles. The van der Waals surface area contributed by atoms with E-state index in [4.69, 9.17) is 5.73 Å². The molecule has 18 heavy (non-hydrogen) atoms. The van der Waals surface area contributed by atoms with Crippen LogP contribution in [0.5, 0.6) is 0 Å². The molecule has 0 aromatic heterocycles. The molecule has 0 aliphatic rings. The first-order chi connectivity index (χ1) is 8.56. The lowest BCUT2D eigenvalue weighted by atomic mass is 10.2. The number of methoxy groups -OCH3 is 1. The van der Waals surface area contributed by atoms with E-state index < -0.39 is 5.97 Å². The predicted octanol–water partition coefficient (Wildman–Crippen LogP) is 1.22. The number of nitrogens with two attached hydrogens (primary N) is 1. The normalized spacial score (nSPS) is 10.9. The van der Waals surface area contributed by atoms with E-state index in [1.807, 2.05) is 0 Å². The van der Waals surface area contributed by atoms with Crippen molar-refractivity contribution in [1.82, 2.24) is 5.01 Å². The smallest absolute Gasteiger partial charge is 0.375 e. The average molecular weight is 251 g/mol. The van der Waals surface area contributed by atoms with Crippen molar-refractivity contribution >= 4 is 11.8 Å². The van der Waals surface area contributed by atoms with Crippen molar-refractivity contribution in [3.63, 3.8) is 0 Å². The van der Waals surface area contributed by atoms with Crippen LogP contribution in [0.15, 0.2) is 42.1 Å². The molecule has 0 amide bonds. The van der Waals surface area contributed by atoms with E-state index >= 15 is 0 Å². The summed E-state index contributed by atoms with van der Waals surface area (Å²) in [6.45, 7) is 3.87. The molecule has 1 aromatic carbocycles. The standard InChI is InChI=1S/C12H14FN3O2/c1-3-16(15-11(14)12(17)18-2)8-9-4-6-10(13)7-5-9/h3-7H,1,8H2,2H3,(H2,14,15). The fraction of sp³-hybridized carbons (Fsp3) is 0.167. The van der Waals surface area contributed by atoms with Gasteiger partial charge in [-0.05, 0) is 17.7 Å². The molecule has 96 valence electrons. The summed E-state index contributed by atoms with van der Waals surface area (Å²) >= 11 is 0. The lowest BCUT2D eigenvalue weighted by molar-refractivity contribution is -0.132. The first-order valence-electron chi connectivity index (χ1n) is 5.13. The first-order valence-corrected chi connectivity index (χ1v) is 5.13. The van der Waals surface area contributed by atoms with E-state index in [1.165, 1.54) is 30.5 Å². The quantitative estimate of drug-likeness (QED) is 0.378. The highest BCUT2D eigenvalue weighted by Gasteiger charge is 2.08. The predicted molar refractivity (Wildman–Crippen MR) is 65.8 cm³/mol. The molecule has 0 fully saturated rings. The second kappa shape index (κ2) is 6.39. The summed E-state index contributed by atoms with van der Waals surface area (Å²) < 4.78 is 17.1. The Hall–Kier alpha value is -2.37. The van der Waals surface area contributed by atoms with Crippen LogP contribution in [0.25, 0.3) is 0 Å². The third-order valence-electron chi connectivity index (χ3n) is 2.10. The summed E-state index contributed by atoms with van der Waals surface area (Å²) in [6.07, 6.45) is 1.40.